The zero-order valence-corrected chi connectivity index (χ0v) is 18.2. The molecule has 0 N–H and O–H groups in total. The summed E-state index contributed by atoms with van der Waals surface area (Å²) in [5, 5.41) is 0. The Hall–Kier alpha value is -3.00. The molecule has 0 bridgehead atoms. The number of ether oxygens (including phenoxy) is 3. The van der Waals surface area contributed by atoms with Crippen molar-refractivity contribution in [2.75, 3.05) is 13.7 Å². The summed E-state index contributed by atoms with van der Waals surface area (Å²) in [6, 6.07) is 0. The van der Waals surface area contributed by atoms with Crippen LogP contribution in [0.4, 0.5) is 0 Å². The van der Waals surface area contributed by atoms with Crippen molar-refractivity contribution >= 4 is 23.5 Å². The number of Topliss-reactive ketones (excluding diaryl/α,β-unsaturated/α-hetero) is 2. The van der Waals surface area contributed by atoms with Crippen LogP contribution >= 0.6 is 0 Å². The molecular weight excluding hydrogens is 416 g/mol. The Kier molecular flexibility index (Phi) is 4.40. The molecule has 0 saturated heterocycles. The molecule has 0 unspecified atom stereocenters. The number of ketones is 2. The summed E-state index contributed by atoms with van der Waals surface area (Å²) in [5.74, 6) is -1.83. The summed E-state index contributed by atoms with van der Waals surface area (Å²) < 4.78 is 22.5. The van der Waals surface area contributed by atoms with Gasteiger partial charge in [-0.2, -0.15) is 0 Å². The molecule has 1 aliphatic heterocycles. The van der Waals surface area contributed by atoms with Crippen LogP contribution in [0.2, 0.25) is 0 Å². The van der Waals surface area contributed by atoms with Gasteiger partial charge in [-0.1, -0.05) is 13.5 Å². The predicted octanol–water partition coefficient (Wildman–Crippen LogP) is 2.70. The number of methoxy groups -OCH3 is 1. The Morgan fingerprint density at radius 1 is 1.31 bits per heavy atom. The van der Waals surface area contributed by atoms with Gasteiger partial charge in [-0.15, -0.1) is 0 Å². The monoisotopic (exact) mass is 440 g/mol. The third kappa shape index (κ3) is 2.41. The number of rotatable bonds is 4. The fraction of sp³-hybridized carbons (Fsp3) is 0.500. The number of allylic oxidation sites excluding steroid dienone is 1. The summed E-state index contributed by atoms with van der Waals surface area (Å²) in [6.45, 7) is 7.24. The molecule has 32 heavy (non-hydrogen) atoms. The Labute approximate surface area is 184 Å². The van der Waals surface area contributed by atoms with Crippen LogP contribution < -0.4 is 0 Å². The molecule has 1 fully saturated rings. The molecule has 3 aliphatic carbocycles. The number of carbonyl (C=O) groups excluding carboxylic acids is 4. The van der Waals surface area contributed by atoms with Crippen molar-refractivity contribution in [1.29, 1.82) is 0 Å². The molecule has 5 rings (SSSR count). The Morgan fingerprint density at radius 2 is 2.06 bits per heavy atom. The minimum atomic E-state index is -1.02. The molecule has 0 amide bonds. The van der Waals surface area contributed by atoms with Gasteiger partial charge >= 0.3 is 11.9 Å². The molecule has 8 heteroatoms. The van der Waals surface area contributed by atoms with Gasteiger partial charge in [0.25, 0.3) is 0 Å². The van der Waals surface area contributed by atoms with Crippen molar-refractivity contribution in [3.8, 4) is 0 Å². The largest absolute Gasteiger partial charge is 0.460 e. The average molecular weight is 440 g/mol. The van der Waals surface area contributed by atoms with Crippen LogP contribution in [0.5, 0.6) is 0 Å². The van der Waals surface area contributed by atoms with E-state index in [0.29, 0.717) is 29.6 Å². The Balaban J connectivity index is 1.81. The molecular formula is C24H24O8. The normalized spacial score (nSPS) is 35.1. The van der Waals surface area contributed by atoms with Crippen LogP contribution in [0.15, 0.2) is 34.5 Å². The smallest absolute Gasteiger partial charge is 0.342 e. The molecule has 5 atom stereocenters. The SMILES string of the molecule is C=CC(=O)O[C@@H]1C[C@]2(C)C(=O)CC[C@H]2C2=C1[C@]1(C)c3c(coc3C2=O)C(=O)O[C@@H]1COC. The Bertz CT molecular complexity index is 1120. The number of carbonyl (C=O) groups is 4. The molecule has 8 nitrogen and oxygen atoms in total. The number of esters is 2. The van der Waals surface area contributed by atoms with E-state index >= 15 is 0 Å². The highest BCUT2D eigenvalue weighted by Gasteiger charge is 2.64. The van der Waals surface area contributed by atoms with Crippen molar-refractivity contribution in [3.63, 3.8) is 0 Å². The summed E-state index contributed by atoms with van der Waals surface area (Å²) >= 11 is 0. The molecule has 1 aromatic heterocycles. The van der Waals surface area contributed by atoms with Crippen LogP contribution in [-0.4, -0.2) is 49.4 Å². The molecule has 4 aliphatic rings. The van der Waals surface area contributed by atoms with E-state index in [-0.39, 0.29) is 41.8 Å². The molecule has 1 aromatic rings. The highest BCUT2D eigenvalue weighted by molar-refractivity contribution is 6.14. The van der Waals surface area contributed by atoms with E-state index in [9.17, 15) is 19.2 Å². The number of hydrogen-bond acceptors (Lipinski definition) is 8. The van der Waals surface area contributed by atoms with E-state index in [2.05, 4.69) is 6.58 Å². The first-order valence-electron chi connectivity index (χ1n) is 10.7. The fourth-order valence-electron chi connectivity index (χ4n) is 6.27. The molecule has 168 valence electrons. The summed E-state index contributed by atoms with van der Waals surface area (Å²) in [5.41, 5.74) is -0.247. The lowest BCUT2D eigenvalue weighted by Crippen LogP contribution is -2.57. The van der Waals surface area contributed by atoms with Gasteiger partial charge in [0.2, 0.25) is 5.78 Å². The number of cyclic esters (lactones) is 1. The van der Waals surface area contributed by atoms with Crippen LogP contribution in [0.25, 0.3) is 0 Å². The second-order valence-electron chi connectivity index (χ2n) is 9.33. The Morgan fingerprint density at radius 3 is 2.75 bits per heavy atom. The van der Waals surface area contributed by atoms with Gasteiger partial charge < -0.3 is 18.6 Å². The zero-order valence-electron chi connectivity index (χ0n) is 18.2. The van der Waals surface area contributed by atoms with E-state index in [1.807, 2.05) is 13.8 Å². The minimum absolute atomic E-state index is 0.0427. The lowest BCUT2D eigenvalue weighted by Gasteiger charge is -2.51. The number of hydrogen-bond donors (Lipinski definition) is 0. The lowest BCUT2D eigenvalue weighted by atomic mass is 9.54. The van der Waals surface area contributed by atoms with Gasteiger partial charge in [0.05, 0.1) is 12.0 Å². The second kappa shape index (κ2) is 6.75. The number of furan rings is 1. The number of fused-ring (bicyclic) bond motifs is 3. The van der Waals surface area contributed by atoms with E-state index in [1.54, 1.807) is 0 Å². The van der Waals surface area contributed by atoms with Gasteiger partial charge in [0.15, 0.2) is 5.76 Å². The highest BCUT2D eigenvalue weighted by atomic mass is 16.6. The maximum atomic E-state index is 13.7. The summed E-state index contributed by atoms with van der Waals surface area (Å²) in [4.78, 5) is 51.6. The van der Waals surface area contributed by atoms with E-state index in [4.69, 9.17) is 18.6 Å². The lowest BCUT2D eigenvalue weighted by molar-refractivity contribution is -0.146. The zero-order chi connectivity index (χ0) is 23.0. The highest BCUT2D eigenvalue weighted by Crippen LogP contribution is 2.61. The molecule has 0 aromatic carbocycles. The van der Waals surface area contributed by atoms with Crippen molar-refractivity contribution in [3.05, 3.63) is 47.0 Å². The first-order chi connectivity index (χ1) is 15.2. The first-order valence-corrected chi connectivity index (χ1v) is 10.7. The molecule has 1 saturated carbocycles. The van der Waals surface area contributed by atoms with Crippen LogP contribution in [-0.2, 0) is 29.2 Å². The fourth-order valence-corrected chi connectivity index (χ4v) is 6.27. The third-order valence-electron chi connectivity index (χ3n) is 7.81. The van der Waals surface area contributed by atoms with Crippen molar-refractivity contribution in [1.82, 2.24) is 0 Å². The van der Waals surface area contributed by atoms with Crippen LogP contribution in [0, 0.1) is 11.3 Å². The summed E-state index contributed by atoms with van der Waals surface area (Å²) in [6.07, 6.45) is 1.78. The molecule has 0 radical (unpaired) electrons. The quantitative estimate of drug-likeness (QED) is 0.519. The van der Waals surface area contributed by atoms with Crippen molar-refractivity contribution in [2.24, 2.45) is 11.3 Å². The summed E-state index contributed by atoms with van der Waals surface area (Å²) in [7, 11) is 1.50. The van der Waals surface area contributed by atoms with Gasteiger partial charge in [-0.05, 0) is 18.9 Å². The van der Waals surface area contributed by atoms with Crippen LogP contribution in [0.1, 0.15) is 59.6 Å². The third-order valence-corrected chi connectivity index (χ3v) is 7.81. The van der Waals surface area contributed by atoms with Gasteiger partial charge in [0, 0.05) is 48.5 Å². The standard InChI is InChI=1S/C24H24O8/c1-5-16(26)31-13-8-23(2)12(6-7-14(23)25)17-19(13)24(3)15(10-29-4)32-22(28)11-9-30-21(18(11)24)20(17)27/h5,9,12-13,15H,1,6-8,10H2,2-4H3/t12-,13+,15+,23-,24-/m0/s1. The minimum Gasteiger partial charge on any atom is -0.460 e. The van der Waals surface area contributed by atoms with Crippen LogP contribution in [0.3, 0.4) is 0 Å². The van der Waals surface area contributed by atoms with E-state index in [0.717, 1.165) is 6.08 Å². The van der Waals surface area contributed by atoms with Crippen molar-refractivity contribution in [2.45, 2.75) is 50.7 Å². The van der Waals surface area contributed by atoms with E-state index < -0.39 is 35.0 Å². The van der Waals surface area contributed by atoms with Crippen molar-refractivity contribution < 1.29 is 37.8 Å². The van der Waals surface area contributed by atoms with E-state index in [1.165, 1.54) is 13.4 Å². The maximum absolute atomic E-state index is 13.7. The average Bonchev–Trinajstić information content (AvgIpc) is 3.33. The van der Waals surface area contributed by atoms with Gasteiger partial charge in [-0.25, -0.2) is 9.59 Å². The second-order valence-corrected chi connectivity index (χ2v) is 9.33. The van der Waals surface area contributed by atoms with Gasteiger partial charge in [0.1, 0.15) is 29.8 Å². The first kappa shape index (κ1) is 20.9. The topological polar surface area (TPSA) is 109 Å². The maximum Gasteiger partial charge on any atom is 0.342 e. The predicted molar refractivity (Wildman–Crippen MR) is 109 cm³/mol. The molecule has 2 heterocycles. The van der Waals surface area contributed by atoms with Gasteiger partial charge in [-0.3, -0.25) is 9.59 Å². The molecule has 0 spiro atoms.